The number of ether oxygens (including phenoxy) is 1. The molecule has 1 aliphatic heterocycles. The van der Waals surface area contributed by atoms with Gasteiger partial charge in [0.1, 0.15) is 11.6 Å². The van der Waals surface area contributed by atoms with Crippen molar-refractivity contribution in [2.75, 3.05) is 6.54 Å². The average molecular weight is 397 g/mol. The summed E-state index contributed by atoms with van der Waals surface area (Å²) in [4.78, 5) is 26.5. The number of benzene rings is 1. The zero-order valence-corrected chi connectivity index (χ0v) is 16.1. The van der Waals surface area contributed by atoms with E-state index in [0.717, 1.165) is 22.9 Å². The van der Waals surface area contributed by atoms with Gasteiger partial charge in [0.2, 0.25) is 5.91 Å². The lowest BCUT2D eigenvalue weighted by molar-refractivity contribution is -0.127. The Morgan fingerprint density at radius 1 is 1.25 bits per heavy atom. The first-order valence-corrected chi connectivity index (χ1v) is 9.07. The first kappa shape index (κ1) is 18.8. The lowest BCUT2D eigenvalue weighted by atomic mass is 10.0. The average Bonchev–Trinajstić information content (AvgIpc) is 2.52. The Hall–Kier alpha value is -1.56. The second-order valence-corrected chi connectivity index (χ2v) is 7.95. The van der Waals surface area contributed by atoms with Gasteiger partial charge in [0.15, 0.2) is 0 Å². The predicted molar refractivity (Wildman–Crippen MR) is 96.6 cm³/mol. The summed E-state index contributed by atoms with van der Waals surface area (Å²) in [7, 11) is 0. The summed E-state index contributed by atoms with van der Waals surface area (Å²) in [5.74, 6) is -0.122. The lowest BCUT2D eigenvalue weighted by Gasteiger charge is -2.35. The molecule has 2 amide bonds. The molecule has 1 aromatic rings. The molecule has 132 valence electrons. The van der Waals surface area contributed by atoms with E-state index < -0.39 is 17.7 Å². The molecule has 0 bridgehead atoms. The maximum Gasteiger partial charge on any atom is 0.410 e. The van der Waals surface area contributed by atoms with Crippen LogP contribution in [0.1, 0.15) is 45.6 Å². The number of halogens is 1. The highest BCUT2D eigenvalue weighted by molar-refractivity contribution is 9.10. The van der Waals surface area contributed by atoms with Crippen LogP contribution in [0.25, 0.3) is 0 Å². The molecule has 1 fully saturated rings. The molecule has 0 unspecified atom stereocenters. The third kappa shape index (κ3) is 5.51. The highest BCUT2D eigenvalue weighted by Crippen LogP contribution is 2.21. The third-order valence-electron chi connectivity index (χ3n) is 3.81. The van der Waals surface area contributed by atoms with Gasteiger partial charge in [-0.05, 0) is 57.7 Å². The van der Waals surface area contributed by atoms with Crippen molar-refractivity contribution in [2.24, 2.45) is 0 Å². The van der Waals surface area contributed by atoms with Crippen molar-refractivity contribution in [3.05, 3.63) is 34.3 Å². The van der Waals surface area contributed by atoms with Crippen LogP contribution in [0.4, 0.5) is 4.79 Å². The van der Waals surface area contributed by atoms with E-state index in [0.29, 0.717) is 19.5 Å². The molecule has 0 aliphatic carbocycles. The summed E-state index contributed by atoms with van der Waals surface area (Å²) in [5, 5.41) is 2.93. The van der Waals surface area contributed by atoms with Gasteiger partial charge in [-0.1, -0.05) is 28.1 Å². The fourth-order valence-corrected chi connectivity index (χ4v) is 2.92. The number of carbonyl (C=O) groups excluding carboxylic acids is 2. The summed E-state index contributed by atoms with van der Waals surface area (Å²) in [6, 6.07) is 7.34. The molecule has 6 heteroatoms. The van der Waals surface area contributed by atoms with E-state index in [-0.39, 0.29) is 5.91 Å². The number of hydrogen-bond acceptors (Lipinski definition) is 3. The van der Waals surface area contributed by atoms with E-state index in [4.69, 9.17) is 4.74 Å². The lowest BCUT2D eigenvalue weighted by Crippen LogP contribution is -2.52. The third-order valence-corrected chi connectivity index (χ3v) is 4.34. The molecule has 1 atom stereocenters. The van der Waals surface area contributed by atoms with Gasteiger partial charge in [-0.15, -0.1) is 0 Å². The molecule has 0 spiro atoms. The second kappa shape index (κ2) is 8.01. The van der Waals surface area contributed by atoms with Gasteiger partial charge >= 0.3 is 6.09 Å². The Morgan fingerprint density at radius 2 is 1.92 bits per heavy atom. The van der Waals surface area contributed by atoms with E-state index in [1.807, 2.05) is 45.0 Å². The van der Waals surface area contributed by atoms with Crippen molar-refractivity contribution in [3.8, 4) is 0 Å². The number of nitrogens with zero attached hydrogens (tertiary/aromatic N) is 1. The molecule has 5 nitrogen and oxygen atoms in total. The quantitative estimate of drug-likeness (QED) is 0.843. The fourth-order valence-electron chi connectivity index (χ4n) is 2.65. The molecule has 0 radical (unpaired) electrons. The summed E-state index contributed by atoms with van der Waals surface area (Å²) in [6.07, 6.45) is 2.10. The van der Waals surface area contributed by atoms with Gasteiger partial charge in [-0.3, -0.25) is 9.69 Å². The zero-order chi connectivity index (χ0) is 17.7. The number of carbonyl (C=O) groups is 2. The highest BCUT2D eigenvalue weighted by Gasteiger charge is 2.34. The van der Waals surface area contributed by atoms with E-state index in [9.17, 15) is 9.59 Å². The van der Waals surface area contributed by atoms with Crippen LogP contribution in [0, 0.1) is 0 Å². The number of rotatable bonds is 3. The second-order valence-electron chi connectivity index (χ2n) is 7.03. The highest BCUT2D eigenvalue weighted by atomic mass is 79.9. The molecule has 1 aromatic carbocycles. The van der Waals surface area contributed by atoms with E-state index in [1.54, 1.807) is 4.90 Å². The van der Waals surface area contributed by atoms with Crippen molar-refractivity contribution >= 4 is 27.9 Å². The summed E-state index contributed by atoms with van der Waals surface area (Å²) < 4.78 is 6.44. The molecule has 1 N–H and O–H groups in total. The Bertz CT molecular complexity index is 581. The molecule has 2 rings (SSSR count). The SMILES string of the molecule is CC(C)(C)OC(=O)N1CCCC[C@H]1C(=O)NCc1ccc(Br)cc1. The first-order valence-electron chi connectivity index (χ1n) is 8.28. The van der Waals surface area contributed by atoms with Crippen molar-refractivity contribution in [3.63, 3.8) is 0 Å². The standard InChI is InChI=1S/C18H25BrN2O3/c1-18(2,3)24-17(23)21-11-5-4-6-15(21)16(22)20-12-13-7-9-14(19)10-8-13/h7-10,15H,4-6,11-12H2,1-3H3,(H,20,22)/t15-/m0/s1. The van der Waals surface area contributed by atoms with Crippen molar-refractivity contribution in [1.29, 1.82) is 0 Å². The number of amides is 2. The smallest absolute Gasteiger partial charge is 0.410 e. The van der Waals surface area contributed by atoms with Gasteiger partial charge in [-0.2, -0.15) is 0 Å². The van der Waals surface area contributed by atoms with E-state index in [2.05, 4.69) is 21.2 Å². The molecule has 24 heavy (non-hydrogen) atoms. The van der Waals surface area contributed by atoms with Gasteiger partial charge in [-0.25, -0.2) is 4.79 Å². The van der Waals surface area contributed by atoms with Gasteiger partial charge in [0.05, 0.1) is 0 Å². The predicted octanol–water partition coefficient (Wildman–Crippen LogP) is 3.85. The van der Waals surface area contributed by atoms with Crippen LogP contribution in [-0.4, -0.2) is 35.1 Å². The van der Waals surface area contributed by atoms with Crippen LogP contribution in [0.2, 0.25) is 0 Å². The van der Waals surface area contributed by atoms with Crippen LogP contribution in [0.5, 0.6) is 0 Å². The van der Waals surface area contributed by atoms with Crippen LogP contribution >= 0.6 is 15.9 Å². The Balaban J connectivity index is 1.97. The summed E-state index contributed by atoms with van der Waals surface area (Å²) in [5.41, 5.74) is 0.457. The van der Waals surface area contributed by atoms with Crippen LogP contribution in [0.3, 0.4) is 0 Å². The fraction of sp³-hybridized carbons (Fsp3) is 0.556. The topological polar surface area (TPSA) is 58.6 Å². The van der Waals surface area contributed by atoms with E-state index in [1.165, 1.54) is 0 Å². The van der Waals surface area contributed by atoms with Crippen LogP contribution < -0.4 is 5.32 Å². The van der Waals surface area contributed by atoms with Crippen molar-refractivity contribution in [2.45, 2.75) is 58.2 Å². The Morgan fingerprint density at radius 3 is 2.54 bits per heavy atom. The van der Waals surface area contributed by atoms with Gasteiger partial charge in [0, 0.05) is 17.6 Å². The van der Waals surface area contributed by atoms with E-state index >= 15 is 0 Å². The van der Waals surface area contributed by atoms with Crippen LogP contribution in [-0.2, 0) is 16.1 Å². The van der Waals surface area contributed by atoms with Crippen LogP contribution in [0.15, 0.2) is 28.7 Å². The molecular weight excluding hydrogens is 372 g/mol. The molecule has 0 saturated carbocycles. The molecule has 1 saturated heterocycles. The van der Waals surface area contributed by atoms with Crippen molar-refractivity contribution in [1.82, 2.24) is 10.2 Å². The number of piperidine rings is 1. The zero-order valence-electron chi connectivity index (χ0n) is 14.5. The van der Waals surface area contributed by atoms with Gasteiger partial charge in [0.25, 0.3) is 0 Å². The Labute approximate surface area is 151 Å². The molecule has 1 aliphatic rings. The van der Waals surface area contributed by atoms with Gasteiger partial charge < -0.3 is 10.1 Å². The molecule has 1 heterocycles. The number of likely N-dealkylation sites (tertiary alicyclic amines) is 1. The monoisotopic (exact) mass is 396 g/mol. The molecular formula is C18H25BrN2O3. The number of hydrogen-bond donors (Lipinski definition) is 1. The summed E-state index contributed by atoms with van der Waals surface area (Å²) in [6.45, 7) is 6.50. The maximum atomic E-state index is 12.5. The van der Waals surface area contributed by atoms with Crippen molar-refractivity contribution < 1.29 is 14.3 Å². The summed E-state index contributed by atoms with van der Waals surface area (Å²) >= 11 is 3.39. The number of nitrogens with one attached hydrogen (secondary N) is 1. The normalized spacial score (nSPS) is 18.2. The maximum absolute atomic E-state index is 12.5. The minimum atomic E-state index is -0.563. The minimum absolute atomic E-state index is 0.122. The largest absolute Gasteiger partial charge is 0.444 e. The molecule has 0 aromatic heterocycles. The Kier molecular flexibility index (Phi) is 6.27. The first-order chi connectivity index (χ1) is 11.3. The minimum Gasteiger partial charge on any atom is -0.444 e.